The molecule has 0 bridgehead atoms. The molecule has 0 aromatic carbocycles. The Morgan fingerprint density at radius 3 is 0.970 bits per heavy atom. The molecule has 0 aromatic rings. The largest absolute Gasteiger partial charge is 0.462 e. The molecule has 1 unspecified atom stereocenters. The summed E-state index contributed by atoms with van der Waals surface area (Å²) in [6, 6.07) is 0. The fourth-order valence-corrected chi connectivity index (χ4v) is 7.34. The minimum absolute atomic E-state index is 0.103. The summed E-state index contributed by atoms with van der Waals surface area (Å²) in [4.78, 5) is 38.1. The quantitative estimate of drug-likeness (QED) is 0.0199. The van der Waals surface area contributed by atoms with Gasteiger partial charge in [-0.1, -0.05) is 246 Å². The van der Waals surface area contributed by atoms with Crippen molar-refractivity contribution in [1.29, 1.82) is 0 Å². The van der Waals surface area contributed by atoms with Crippen LogP contribution in [0.5, 0.6) is 0 Å². The number of hydrogen-bond acceptors (Lipinski definition) is 6. The van der Waals surface area contributed by atoms with E-state index in [0.717, 1.165) is 77.0 Å². The van der Waals surface area contributed by atoms with E-state index in [9.17, 15) is 14.4 Å². The number of ether oxygens (including phenoxy) is 3. The third-order valence-electron chi connectivity index (χ3n) is 11.4. The van der Waals surface area contributed by atoms with Crippen LogP contribution in [0.4, 0.5) is 0 Å². The van der Waals surface area contributed by atoms with E-state index in [1.165, 1.54) is 116 Å². The zero-order chi connectivity index (χ0) is 48.6. The van der Waals surface area contributed by atoms with Gasteiger partial charge in [0.15, 0.2) is 6.10 Å². The Kier molecular flexibility index (Phi) is 51.5. The van der Waals surface area contributed by atoms with Crippen LogP contribution in [0.25, 0.3) is 0 Å². The van der Waals surface area contributed by atoms with Crippen LogP contribution in [-0.4, -0.2) is 37.2 Å². The van der Waals surface area contributed by atoms with E-state index in [-0.39, 0.29) is 37.5 Å². The maximum Gasteiger partial charge on any atom is 0.306 e. The monoisotopic (exact) mass is 929 g/mol. The van der Waals surface area contributed by atoms with Gasteiger partial charge in [0.1, 0.15) is 13.2 Å². The molecule has 0 aliphatic rings. The van der Waals surface area contributed by atoms with Gasteiger partial charge >= 0.3 is 17.9 Å². The predicted molar refractivity (Wildman–Crippen MR) is 288 cm³/mol. The maximum absolute atomic E-state index is 12.8. The van der Waals surface area contributed by atoms with Crippen LogP contribution in [0.1, 0.15) is 239 Å². The van der Waals surface area contributed by atoms with Crippen LogP contribution in [0.3, 0.4) is 0 Å². The van der Waals surface area contributed by atoms with E-state index in [2.05, 4.69) is 81.5 Å². The number of carbonyl (C=O) groups excluding carboxylic acids is 3. The van der Waals surface area contributed by atoms with Crippen LogP contribution in [0, 0.1) is 0 Å². The van der Waals surface area contributed by atoms with Crippen molar-refractivity contribution in [2.75, 3.05) is 13.2 Å². The van der Waals surface area contributed by atoms with Crippen LogP contribution in [0.2, 0.25) is 0 Å². The van der Waals surface area contributed by atoms with Crippen molar-refractivity contribution in [2.24, 2.45) is 0 Å². The van der Waals surface area contributed by atoms with Crippen LogP contribution in [0.15, 0.2) is 109 Å². The molecule has 0 amide bonds. The number of unbranched alkanes of at least 4 members (excludes halogenated alkanes) is 25. The zero-order valence-electron chi connectivity index (χ0n) is 43.4. The first-order valence-corrected chi connectivity index (χ1v) is 27.5. The standard InChI is InChI=1S/C61H100O6/c1-4-7-10-13-16-19-22-25-28-29-30-31-34-36-39-42-45-48-51-54-60(63)66-57-58(67-61(64)55-52-49-46-43-40-37-33-27-24-21-18-15-12-9-6-3)56-65-59(62)53-50-47-44-41-38-35-32-26-23-20-17-14-11-8-5-2/h8-9,11-12,14-15,17-18,20-21,23-24,27,29-30,33,37,40,58H,4-7,10,13,16,19,22,25-26,28,31-32,34-36,38-39,41-57H2,1-3H3/b11-8-,12-9-,17-14-,18-15-,23-20-,24-21-,30-29-,33-27-,40-37-. The fourth-order valence-electron chi connectivity index (χ4n) is 7.34. The van der Waals surface area contributed by atoms with Crippen molar-refractivity contribution in [3.63, 3.8) is 0 Å². The molecule has 0 aliphatic heterocycles. The molecule has 6 nitrogen and oxygen atoms in total. The summed E-state index contributed by atoms with van der Waals surface area (Å²) in [6.07, 6.45) is 73.6. The van der Waals surface area contributed by atoms with Crippen molar-refractivity contribution in [1.82, 2.24) is 0 Å². The first-order valence-electron chi connectivity index (χ1n) is 27.5. The summed E-state index contributed by atoms with van der Waals surface area (Å²) in [7, 11) is 0. The Bertz CT molecular complexity index is 1390. The molecule has 0 radical (unpaired) electrons. The van der Waals surface area contributed by atoms with Gasteiger partial charge in [-0.25, -0.2) is 0 Å². The highest BCUT2D eigenvalue weighted by Gasteiger charge is 2.19. The van der Waals surface area contributed by atoms with Gasteiger partial charge in [0, 0.05) is 19.3 Å². The summed E-state index contributed by atoms with van der Waals surface area (Å²) in [6.45, 7) is 6.32. The first kappa shape index (κ1) is 63.1. The molecule has 0 N–H and O–H groups in total. The molecule has 0 aliphatic carbocycles. The Morgan fingerprint density at radius 1 is 0.313 bits per heavy atom. The average molecular weight is 929 g/mol. The van der Waals surface area contributed by atoms with Gasteiger partial charge < -0.3 is 14.2 Å². The Hall–Kier alpha value is -3.93. The second kappa shape index (κ2) is 54.7. The summed E-state index contributed by atoms with van der Waals surface area (Å²) in [5.41, 5.74) is 0. The molecule has 67 heavy (non-hydrogen) atoms. The molecular weight excluding hydrogens is 829 g/mol. The van der Waals surface area contributed by atoms with Gasteiger partial charge in [0.05, 0.1) is 0 Å². The first-order chi connectivity index (χ1) is 33.0. The normalized spacial score (nSPS) is 12.9. The van der Waals surface area contributed by atoms with Gasteiger partial charge in [-0.3, -0.25) is 14.4 Å². The summed E-state index contributed by atoms with van der Waals surface area (Å²) in [5.74, 6) is -0.963. The topological polar surface area (TPSA) is 78.9 Å². The van der Waals surface area contributed by atoms with E-state index in [4.69, 9.17) is 14.2 Å². The van der Waals surface area contributed by atoms with Gasteiger partial charge in [0.2, 0.25) is 0 Å². The third kappa shape index (κ3) is 52.9. The van der Waals surface area contributed by atoms with E-state index >= 15 is 0 Å². The minimum Gasteiger partial charge on any atom is -0.462 e. The van der Waals surface area contributed by atoms with Crippen molar-refractivity contribution in [2.45, 2.75) is 245 Å². The molecule has 6 heteroatoms. The van der Waals surface area contributed by atoms with Gasteiger partial charge in [-0.2, -0.15) is 0 Å². The summed E-state index contributed by atoms with van der Waals surface area (Å²) < 4.78 is 16.8. The second-order valence-electron chi connectivity index (χ2n) is 17.9. The van der Waals surface area contributed by atoms with E-state index in [1.54, 1.807) is 0 Å². The Morgan fingerprint density at radius 2 is 0.597 bits per heavy atom. The molecule has 0 saturated heterocycles. The summed E-state index contributed by atoms with van der Waals surface area (Å²) in [5, 5.41) is 0. The van der Waals surface area contributed by atoms with Crippen molar-refractivity contribution in [3.05, 3.63) is 109 Å². The molecule has 1 atom stereocenters. The molecule has 0 fully saturated rings. The molecule has 380 valence electrons. The van der Waals surface area contributed by atoms with E-state index in [1.807, 2.05) is 48.6 Å². The zero-order valence-corrected chi connectivity index (χ0v) is 43.4. The van der Waals surface area contributed by atoms with Gasteiger partial charge in [-0.15, -0.1) is 0 Å². The van der Waals surface area contributed by atoms with Crippen molar-refractivity contribution < 1.29 is 28.6 Å². The van der Waals surface area contributed by atoms with Crippen LogP contribution < -0.4 is 0 Å². The number of allylic oxidation sites excluding steroid dienone is 18. The van der Waals surface area contributed by atoms with Crippen LogP contribution >= 0.6 is 0 Å². The lowest BCUT2D eigenvalue weighted by molar-refractivity contribution is -0.167. The maximum atomic E-state index is 12.8. The number of esters is 3. The summed E-state index contributed by atoms with van der Waals surface area (Å²) >= 11 is 0. The lowest BCUT2D eigenvalue weighted by Crippen LogP contribution is -2.30. The molecule has 0 heterocycles. The molecule has 0 aromatic heterocycles. The second-order valence-corrected chi connectivity index (χ2v) is 17.9. The lowest BCUT2D eigenvalue weighted by atomic mass is 10.1. The highest BCUT2D eigenvalue weighted by molar-refractivity contribution is 5.71. The Balaban J connectivity index is 4.46. The number of hydrogen-bond donors (Lipinski definition) is 0. The van der Waals surface area contributed by atoms with E-state index < -0.39 is 6.10 Å². The smallest absolute Gasteiger partial charge is 0.306 e. The van der Waals surface area contributed by atoms with Crippen LogP contribution in [-0.2, 0) is 28.6 Å². The van der Waals surface area contributed by atoms with Gasteiger partial charge in [-0.05, 0) is 83.5 Å². The molecule has 0 rings (SSSR count). The number of rotatable bonds is 48. The third-order valence-corrected chi connectivity index (χ3v) is 11.4. The van der Waals surface area contributed by atoms with Gasteiger partial charge in [0.25, 0.3) is 0 Å². The number of carbonyl (C=O) groups is 3. The predicted octanol–water partition coefficient (Wildman–Crippen LogP) is 18.3. The average Bonchev–Trinajstić information content (AvgIpc) is 3.33. The Labute approximate surface area is 412 Å². The highest BCUT2D eigenvalue weighted by Crippen LogP contribution is 2.14. The van der Waals surface area contributed by atoms with Crippen molar-refractivity contribution >= 4 is 17.9 Å². The fraction of sp³-hybridized carbons (Fsp3) is 0.656. The highest BCUT2D eigenvalue weighted by atomic mass is 16.6. The lowest BCUT2D eigenvalue weighted by Gasteiger charge is -2.18. The molecular formula is C61H100O6. The molecule has 0 spiro atoms. The SMILES string of the molecule is CC\C=C/C=C\C=C/C=C\C=C/CCCCCC(=O)OC(COC(=O)CCCCCCCCC\C=C/C=C\C=C/CC)COC(=O)CCCCCCCCC/C=C\CCCCCCCCCC. The van der Waals surface area contributed by atoms with E-state index in [0.29, 0.717) is 19.3 Å². The molecule has 0 saturated carbocycles. The minimum atomic E-state index is -0.809. The van der Waals surface area contributed by atoms with Crippen molar-refractivity contribution in [3.8, 4) is 0 Å².